The number of likely N-dealkylation sites (tertiary alicyclic amines) is 1. The van der Waals surface area contributed by atoms with Crippen LogP contribution in [0.3, 0.4) is 0 Å². The lowest BCUT2D eigenvalue weighted by Crippen LogP contribution is -2.64. The van der Waals surface area contributed by atoms with Crippen LogP contribution in [0.15, 0.2) is 48.8 Å². The highest BCUT2D eigenvalue weighted by Crippen LogP contribution is 2.33. The molecule has 1 aromatic heterocycles. The fourth-order valence-electron chi connectivity index (χ4n) is 4.46. The summed E-state index contributed by atoms with van der Waals surface area (Å²) in [7, 11) is 1.99. The van der Waals surface area contributed by atoms with Crippen LogP contribution in [0.4, 0.5) is 5.69 Å². The Kier molecular flexibility index (Phi) is 5.37. The van der Waals surface area contributed by atoms with E-state index in [4.69, 9.17) is 0 Å². The highest BCUT2D eigenvalue weighted by atomic mass is 16.2. The maximum Gasteiger partial charge on any atom is 0.253 e. The number of anilines is 1. The van der Waals surface area contributed by atoms with Gasteiger partial charge in [-0.1, -0.05) is 25.5 Å². The van der Waals surface area contributed by atoms with E-state index >= 15 is 0 Å². The minimum atomic E-state index is -0.221. The van der Waals surface area contributed by atoms with Crippen molar-refractivity contribution in [1.29, 1.82) is 0 Å². The van der Waals surface area contributed by atoms with Crippen LogP contribution in [0.25, 0.3) is 0 Å². The zero-order valence-corrected chi connectivity index (χ0v) is 17.2. The number of nitrogens with zero attached hydrogens (tertiary/aromatic N) is 4. The Bertz CT molecular complexity index is 884. The fourth-order valence-corrected chi connectivity index (χ4v) is 4.46. The molecule has 2 saturated heterocycles. The first-order valence-corrected chi connectivity index (χ1v) is 10.3. The number of aryl methyl sites for hydroxylation is 1. The molecule has 0 aliphatic carbocycles. The number of amides is 2. The molecule has 2 aliphatic rings. The summed E-state index contributed by atoms with van der Waals surface area (Å²) in [6.45, 7) is 4.41. The highest BCUT2D eigenvalue weighted by Gasteiger charge is 2.48. The first-order valence-electron chi connectivity index (χ1n) is 10.3. The number of rotatable bonds is 4. The Morgan fingerprint density at radius 2 is 1.97 bits per heavy atom. The third kappa shape index (κ3) is 3.77. The minimum Gasteiger partial charge on any atom is -0.337 e. The van der Waals surface area contributed by atoms with Crippen molar-refractivity contribution in [3.05, 3.63) is 59.9 Å². The second-order valence-corrected chi connectivity index (χ2v) is 8.20. The molecule has 3 heterocycles. The lowest BCUT2D eigenvalue weighted by atomic mass is 9.92. The van der Waals surface area contributed by atoms with Crippen LogP contribution in [-0.4, -0.2) is 65.4 Å². The van der Waals surface area contributed by atoms with E-state index in [-0.39, 0.29) is 17.4 Å². The third-order valence-electron chi connectivity index (χ3n) is 6.25. The minimum absolute atomic E-state index is 0.0717. The van der Waals surface area contributed by atoms with E-state index in [0.29, 0.717) is 26.2 Å². The van der Waals surface area contributed by atoms with E-state index in [0.717, 1.165) is 30.5 Å². The van der Waals surface area contributed by atoms with Crippen molar-refractivity contribution >= 4 is 17.5 Å². The van der Waals surface area contributed by atoms with Crippen LogP contribution >= 0.6 is 0 Å². The SMILES string of the molecule is CCCc1ccc(C(=O)N2CC[C@@]3(C2)CN(c2cccnc2)C(=O)CN3C)cc1. The van der Waals surface area contributed by atoms with Crippen LogP contribution in [0.1, 0.15) is 35.7 Å². The molecular weight excluding hydrogens is 364 g/mol. The first kappa shape index (κ1) is 19.6. The molecule has 0 radical (unpaired) electrons. The average Bonchev–Trinajstić information content (AvgIpc) is 3.17. The highest BCUT2D eigenvalue weighted by molar-refractivity contribution is 5.96. The summed E-state index contributed by atoms with van der Waals surface area (Å²) in [6.07, 6.45) is 6.42. The molecule has 0 saturated carbocycles. The molecule has 2 aromatic rings. The maximum atomic E-state index is 13.1. The van der Waals surface area contributed by atoms with E-state index < -0.39 is 0 Å². The Morgan fingerprint density at radius 1 is 1.17 bits per heavy atom. The molecule has 2 amide bonds. The number of hydrogen-bond donors (Lipinski definition) is 0. The smallest absolute Gasteiger partial charge is 0.253 e. The Balaban J connectivity index is 1.50. The molecule has 6 nitrogen and oxygen atoms in total. The molecule has 152 valence electrons. The molecule has 0 N–H and O–H groups in total. The Hall–Kier alpha value is -2.73. The number of piperazine rings is 1. The fraction of sp³-hybridized carbons (Fsp3) is 0.435. The maximum absolute atomic E-state index is 13.1. The van der Waals surface area contributed by atoms with Gasteiger partial charge in [0, 0.05) is 31.4 Å². The molecule has 4 rings (SSSR count). The Morgan fingerprint density at radius 3 is 2.66 bits per heavy atom. The van der Waals surface area contributed by atoms with E-state index in [1.54, 1.807) is 12.4 Å². The van der Waals surface area contributed by atoms with Crippen LogP contribution < -0.4 is 4.90 Å². The van der Waals surface area contributed by atoms with Crippen molar-refractivity contribution in [3.8, 4) is 0 Å². The second-order valence-electron chi connectivity index (χ2n) is 8.20. The van der Waals surface area contributed by atoms with Crippen molar-refractivity contribution in [1.82, 2.24) is 14.8 Å². The number of benzene rings is 1. The van der Waals surface area contributed by atoms with Gasteiger partial charge in [-0.15, -0.1) is 0 Å². The van der Waals surface area contributed by atoms with Gasteiger partial charge in [-0.05, 0) is 49.7 Å². The summed E-state index contributed by atoms with van der Waals surface area (Å²) < 4.78 is 0. The van der Waals surface area contributed by atoms with Crippen molar-refractivity contribution < 1.29 is 9.59 Å². The van der Waals surface area contributed by atoms with Gasteiger partial charge in [0.2, 0.25) is 5.91 Å². The summed E-state index contributed by atoms with van der Waals surface area (Å²) >= 11 is 0. The molecule has 0 unspecified atom stereocenters. The number of hydrogen-bond acceptors (Lipinski definition) is 4. The van der Waals surface area contributed by atoms with Gasteiger partial charge < -0.3 is 9.80 Å². The molecule has 2 aliphatic heterocycles. The molecular formula is C23H28N4O2. The van der Waals surface area contributed by atoms with Crippen LogP contribution in [-0.2, 0) is 11.2 Å². The molecule has 29 heavy (non-hydrogen) atoms. The summed E-state index contributed by atoms with van der Waals surface area (Å²) in [6, 6.07) is 11.7. The zero-order chi connectivity index (χ0) is 20.4. The van der Waals surface area contributed by atoms with E-state index in [9.17, 15) is 9.59 Å². The van der Waals surface area contributed by atoms with E-state index in [1.807, 2.05) is 41.1 Å². The van der Waals surface area contributed by atoms with Crippen molar-refractivity contribution in [2.75, 3.05) is 38.1 Å². The molecule has 1 spiro atoms. The average molecular weight is 393 g/mol. The molecule has 0 bridgehead atoms. The largest absolute Gasteiger partial charge is 0.337 e. The van der Waals surface area contributed by atoms with Crippen LogP contribution in [0.2, 0.25) is 0 Å². The predicted octanol–water partition coefficient (Wildman–Crippen LogP) is 2.60. The van der Waals surface area contributed by atoms with Gasteiger partial charge in [-0.3, -0.25) is 19.5 Å². The van der Waals surface area contributed by atoms with Crippen molar-refractivity contribution in [3.63, 3.8) is 0 Å². The Labute approximate surface area is 172 Å². The van der Waals surface area contributed by atoms with E-state index in [1.165, 1.54) is 5.56 Å². The van der Waals surface area contributed by atoms with Gasteiger partial charge in [-0.25, -0.2) is 0 Å². The quantitative estimate of drug-likeness (QED) is 0.803. The third-order valence-corrected chi connectivity index (χ3v) is 6.25. The molecule has 1 atom stereocenters. The number of pyridine rings is 1. The summed E-state index contributed by atoms with van der Waals surface area (Å²) in [4.78, 5) is 35.8. The number of carbonyl (C=O) groups is 2. The van der Waals surface area contributed by atoms with Gasteiger partial charge in [-0.2, -0.15) is 0 Å². The lowest BCUT2D eigenvalue weighted by molar-refractivity contribution is -0.123. The second kappa shape index (κ2) is 7.95. The monoisotopic (exact) mass is 392 g/mol. The van der Waals surface area contributed by atoms with Crippen molar-refractivity contribution in [2.24, 2.45) is 0 Å². The van der Waals surface area contributed by atoms with Gasteiger partial charge in [0.05, 0.1) is 24.0 Å². The van der Waals surface area contributed by atoms with E-state index in [2.05, 4.69) is 28.9 Å². The first-order chi connectivity index (χ1) is 14.0. The zero-order valence-electron chi connectivity index (χ0n) is 17.2. The summed E-state index contributed by atoms with van der Waals surface area (Å²) in [5.41, 5.74) is 2.60. The molecule has 1 aromatic carbocycles. The molecule has 6 heteroatoms. The number of carbonyl (C=O) groups excluding carboxylic acids is 2. The normalized spacial score (nSPS) is 22.5. The lowest BCUT2D eigenvalue weighted by Gasteiger charge is -2.46. The van der Waals surface area contributed by atoms with Gasteiger partial charge in [0.25, 0.3) is 5.91 Å². The van der Waals surface area contributed by atoms with Gasteiger partial charge in [0.1, 0.15) is 0 Å². The summed E-state index contributed by atoms with van der Waals surface area (Å²) in [5, 5.41) is 0. The van der Waals surface area contributed by atoms with Crippen molar-refractivity contribution in [2.45, 2.75) is 31.7 Å². The number of likely N-dealkylation sites (N-methyl/N-ethyl adjacent to an activating group) is 1. The standard InChI is InChI=1S/C23H28N4O2/c1-3-5-18-7-9-19(10-8-18)22(29)26-13-11-23(16-26)17-27(21(28)15-25(23)2)20-6-4-12-24-14-20/h4,6-10,12,14H,3,5,11,13,15-17H2,1-2H3/t23-/m1/s1. The van der Waals surface area contributed by atoms with Crippen LogP contribution in [0.5, 0.6) is 0 Å². The number of aromatic nitrogens is 1. The van der Waals surface area contributed by atoms with Crippen LogP contribution in [0, 0.1) is 0 Å². The molecule has 2 fully saturated rings. The topological polar surface area (TPSA) is 56.8 Å². The summed E-state index contributed by atoms with van der Waals surface area (Å²) in [5.74, 6) is 0.144. The van der Waals surface area contributed by atoms with Gasteiger partial charge in [0.15, 0.2) is 0 Å². The predicted molar refractivity (Wildman–Crippen MR) is 113 cm³/mol. The van der Waals surface area contributed by atoms with Gasteiger partial charge >= 0.3 is 0 Å².